The number of nitrogens with one attached hydrogen (secondary N) is 2. The van der Waals surface area contributed by atoms with Gasteiger partial charge in [0.05, 0.1) is 12.1 Å². The maximum absolute atomic E-state index is 5.40. The van der Waals surface area contributed by atoms with Gasteiger partial charge in [0.15, 0.2) is 5.96 Å². The molecule has 0 saturated heterocycles. The SMILES string of the molecule is CN=C(NCc1cccc(Cn2cncn2)c1)NCC(C)(C)OC.I. The first-order chi connectivity index (χ1) is 11.5. The number of methoxy groups -OCH3 is 1. The quantitative estimate of drug-likeness (QED) is 0.378. The van der Waals surface area contributed by atoms with Crippen LogP contribution in [0.15, 0.2) is 41.9 Å². The standard InChI is InChI=1S/C17H26N6O.HI/c1-17(2,24-4)11-21-16(18-3)20-9-14-6-5-7-15(8-14)10-23-13-19-12-22-23;/h5-8,12-13H,9-11H2,1-4H3,(H2,18,20,21);1H. The van der Waals surface area contributed by atoms with E-state index < -0.39 is 0 Å². The second-order valence-electron chi connectivity index (χ2n) is 6.16. The van der Waals surface area contributed by atoms with Crippen molar-refractivity contribution in [1.29, 1.82) is 0 Å². The van der Waals surface area contributed by atoms with Gasteiger partial charge >= 0.3 is 0 Å². The molecule has 1 aromatic carbocycles. The average Bonchev–Trinajstić information content (AvgIpc) is 3.08. The molecule has 0 saturated carbocycles. The topological polar surface area (TPSA) is 76.4 Å². The van der Waals surface area contributed by atoms with Crippen molar-refractivity contribution in [3.63, 3.8) is 0 Å². The van der Waals surface area contributed by atoms with Crippen molar-refractivity contribution in [2.75, 3.05) is 20.7 Å². The van der Waals surface area contributed by atoms with E-state index in [4.69, 9.17) is 4.74 Å². The van der Waals surface area contributed by atoms with Gasteiger partial charge in [0.25, 0.3) is 0 Å². The second kappa shape index (κ2) is 10.3. The molecule has 0 radical (unpaired) electrons. The van der Waals surface area contributed by atoms with Gasteiger partial charge in [0.2, 0.25) is 0 Å². The molecule has 2 rings (SSSR count). The summed E-state index contributed by atoms with van der Waals surface area (Å²) in [4.78, 5) is 8.20. The smallest absolute Gasteiger partial charge is 0.191 e. The molecule has 0 amide bonds. The summed E-state index contributed by atoms with van der Waals surface area (Å²) < 4.78 is 7.21. The van der Waals surface area contributed by atoms with Crippen LogP contribution >= 0.6 is 24.0 Å². The van der Waals surface area contributed by atoms with E-state index in [1.165, 1.54) is 11.1 Å². The Hall–Kier alpha value is -1.68. The van der Waals surface area contributed by atoms with Gasteiger partial charge in [-0.05, 0) is 25.0 Å². The van der Waals surface area contributed by atoms with Crippen molar-refractivity contribution in [3.05, 3.63) is 48.0 Å². The number of rotatable bonds is 7. The predicted molar refractivity (Wildman–Crippen MR) is 110 cm³/mol. The summed E-state index contributed by atoms with van der Waals surface area (Å²) in [6.45, 7) is 6.14. The normalized spacial score (nSPS) is 11.8. The van der Waals surface area contributed by atoms with Gasteiger partial charge in [-0.25, -0.2) is 9.67 Å². The molecule has 0 bridgehead atoms. The molecule has 0 unspecified atom stereocenters. The molecule has 0 spiro atoms. The lowest BCUT2D eigenvalue weighted by Crippen LogP contribution is -2.45. The number of benzene rings is 1. The number of hydrogen-bond donors (Lipinski definition) is 2. The molecule has 0 aliphatic carbocycles. The maximum Gasteiger partial charge on any atom is 0.191 e. The van der Waals surface area contributed by atoms with Gasteiger partial charge in [0, 0.05) is 27.2 Å². The minimum Gasteiger partial charge on any atom is -0.377 e. The molecule has 2 aromatic rings. The third kappa shape index (κ3) is 7.39. The Kier molecular flexibility index (Phi) is 8.84. The van der Waals surface area contributed by atoms with Crippen molar-refractivity contribution in [3.8, 4) is 0 Å². The van der Waals surface area contributed by atoms with Crippen LogP contribution in [0.4, 0.5) is 0 Å². The van der Waals surface area contributed by atoms with Gasteiger partial charge in [-0.1, -0.05) is 24.3 Å². The zero-order chi connectivity index (χ0) is 17.4. The molecule has 7 nitrogen and oxygen atoms in total. The van der Waals surface area contributed by atoms with Gasteiger partial charge in [-0.3, -0.25) is 4.99 Å². The predicted octanol–water partition coefficient (Wildman–Crippen LogP) is 2.03. The van der Waals surface area contributed by atoms with Crippen LogP contribution in [0.25, 0.3) is 0 Å². The lowest BCUT2D eigenvalue weighted by molar-refractivity contribution is 0.0268. The van der Waals surface area contributed by atoms with E-state index in [9.17, 15) is 0 Å². The Bertz CT molecular complexity index is 657. The van der Waals surface area contributed by atoms with Crippen LogP contribution in [-0.4, -0.2) is 47.0 Å². The summed E-state index contributed by atoms with van der Waals surface area (Å²) in [6.07, 6.45) is 3.26. The van der Waals surface area contributed by atoms with Crippen molar-refractivity contribution in [1.82, 2.24) is 25.4 Å². The first-order valence-corrected chi connectivity index (χ1v) is 7.92. The van der Waals surface area contributed by atoms with Gasteiger partial charge < -0.3 is 15.4 Å². The zero-order valence-corrected chi connectivity index (χ0v) is 17.5. The average molecular weight is 458 g/mol. The van der Waals surface area contributed by atoms with Crippen LogP contribution in [0.2, 0.25) is 0 Å². The van der Waals surface area contributed by atoms with E-state index in [2.05, 4.69) is 43.9 Å². The molecule has 1 heterocycles. The number of hydrogen-bond acceptors (Lipinski definition) is 4. The van der Waals surface area contributed by atoms with Crippen molar-refractivity contribution in [2.24, 2.45) is 4.99 Å². The van der Waals surface area contributed by atoms with Crippen LogP contribution in [-0.2, 0) is 17.8 Å². The molecular weight excluding hydrogens is 431 g/mol. The van der Waals surface area contributed by atoms with Gasteiger partial charge in [-0.15, -0.1) is 24.0 Å². The van der Waals surface area contributed by atoms with Crippen LogP contribution in [0.1, 0.15) is 25.0 Å². The Morgan fingerprint density at radius 1 is 1.28 bits per heavy atom. The number of nitrogens with zero attached hydrogens (tertiary/aromatic N) is 4. The fraction of sp³-hybridized carbons (Fsp3) is 0.471. The highest BCUT2D eigenvalue weighted by Crippen LogP contribution is 2.07. The molecule has 138 valence electrons. The van der Waals surface area contributed by atoms with Crippen LogP contribution in [0.5, 0.6) is 0 Å². The second-order valence-corrected chi connectivity index (χ2v) is 6.16. The first kappa shape index (κ1) is 21.4. The monoisotopic (exact) mass is 458 g/mol. The summed E-state index contributed by atoms with van der Waals surface area (Å²) in [7, 11) is 3.47. The molecule has 0 atom stereocenters. The molecule has 25 heavy (non-hydrogen) atoms. The van der Waals surface area contributed by atoms with Gasteiger partial charge in [0.1, 0.15) is 12.7 Å². The lowest BCUT2D eigenvalue weighted by atomic mass is 10.1. The Morgan fingerprint density at radius 2 is 2.04 bits per heavy atom. The molecule has 0 fully saturated rings. The number of aromatic nitrogens is 3. The summed E-state index contributed by atoms with van der Waals surface area (Å²) in [5.74, 6) is 0.752. The molecular formula is C17H27IN6O. The number of guanidine groups is 1. The van der Waals surface area contributed by atoms with E-state index in [1.807, 2.05) is 19.9 Å². The van der Waals surface area contributed by atoms with Crippen molar-refractivity contribution in [2.45, 2.75) is 32.5 Å². The fourth-order valence-electron chi connectivity index (χ4n) is 2.11. The Balaban J connectivity index is 0.00000312. The van der Waals surface area contributed by atoms with Gasteiger partial charge in [-0.2, -0.15) is 5.10 Å². The molecule has 8 heteroatoms. The minimum atomic E-state index is -0.241. The third-order valence-electron chi connectivity index (χ3n) is 3.72. The Labute approximate surface area is 166 Å². The fourth-order valence-corrected chi connectivity index (χ4v) is 2.11. The first-order valence-electron chi connectivity index (χ1n) is 7.92. The number of aliphatic imine (C=N–C) groups is 1. The summed E-state index contributed by atoms with van der Waals surface area (Å²) in [6, 6.07) is 8.37. The van der Waals surface area contributed by atoms with E-state index in [0.29, 0.717) is 19.6 Å². The Morgan fingerprint density at radius 3 is 2.68 bits per heavy atom. The third-order valence-corrected chi connectivity index (χ3v) is 3.72. The largest absolute Gasteiger partial charge is 0.377 e. The van der Waals surface area contributed by atoms with E-state index in [-0.39, 0.29) is 29.6 Å². The summed E-state index contributed by atoms with van der Waals surface area (Å²) >= 11 is 0. The molecule has 1 aromatic heterocycles. The highest BCUT2D eigenvalue weighted by Gasteiger charge is 2.16. The van der Waals surface area contributed by atoms with Crippen LogP contribution < -0.4 is 10.6 Å². The number of halogens is 1. The molecule has 0 aliphatic heterocycles. The van der Waals surface area contributed by atoms with Crippen molar-refractivity contribution >= 4 is 29.9 Å². The zero-order valence-electron chi connectivity index (χ0n) is 15.2. The maximum atomic E-state index is 5.40. The van der Waals surface area contributed by atoms with Crippen LogP contribution in [0.3, 0.4) is 0 Å². The summed E-state index contributed by atoms with van der Waals surface area (Å²) in [5, 5.41) is 10.7. The van der Waals surface area contributed by atoms with E-state index in [0.717, 1.165) is 5.96 Å². The van der Waals surface area contributed by atoms with Crippen molar-refractivity contribution < 1.29 is 4.74 Å². The molecule has 0 aliphatic rings. The van der Waals surface area contributed by atoms with E-state index in [1.54, 1.807) is 31.5 Å². The number of ether oxygens (including phenoxy) is 1. The molecule has 2 N–H and O–H groups in total. The highest BCUT2D eigenvalue weighted by molar-refractivity contribution is 14.0. The van der Waals surface area contributed by atoms with E-state index >= 15 is 0 Å². The summed E-state index contributed by atoms with van der Waals surface area (Å²) in [5.41, 5.74) is 2.12. The minimum absolute atomic E-state index is 0. The highest BCUT2D eigenvalue weighted by atomic mass is 127. The van der Waals surface area contributed by atoms with Crippen LogP contribution in [0, 0.1) is 0 Å². The lowest BCUT2D eigenvalue weighted by Gasteiger charge is -2.24.